The van der Waals surface area contributed by atoms with Crippen LogP contribution in [-0.4, -0.2) is 54.0 Å². The molecule has 0 aliphatic heterocycles. The van der Waals surface area contributed by atoms with Crippen LogP contribution in [0.5, 0.6) is 23.0 Å². The van der Waals surface area contributed by atoms with Crippen LogP contribution in [0.15, 0.2) is 46.4 Å². The number of aliphatic imine (C=N–C) groups is 2. The van der Waals surface area contributed by atoms with Gasteiger partial charge >= 0.3 is 0 Å². The van der Waals surface area contributed by atoms with E-state index in [1.807, 2.05) is 36.4 Å². The van der Waals surface area contributed by atoms with Gasteiger partial charge in [-0.15, -0.1) is 0 Å². The highest BCUT2D eigenvalue weighted by Gasteiger charge is 2.03. The molecule has 0 heterocycles. The molecule has 0 aromatic heterocycles. The second kappa shape index (κ2) is 10.1. The zero-order valence-corrected chi connectivity index (χ0v) is 15.6. The monoisotopic (exact) mass is 356 g/mol. The minimum atomic E-state index is 0.595. The molecular weight excluding hydrogens is 332 g/mol. The minimum absolute atomic E-state index is 0.595. The van der Waals surface area contributed by atoms with Gasteiger partial charge in [0.15, 0.2) is 23.0 Å². The van der Waals surface area contributed by atoms with Gasteiger partial charge < -0.3 is 18.9 Å². The Bertz CT molecular complexity index is 707. The van der Waals surface area contributed by atoms with Crippen LogP contribution in [-0.2, 0) is 0 Å². The zero-order chi connectivity index (χ0) is 18.8. The number of nitrogens with zero attached hydrogens (tertiary/aromatic N) is 2. The molecule has 0 aliphatic carbocycles. The van der Waals surface area contributed by atoms with E-state index in [0.717, 1.165) is 11.1 Å². The van der Waals surface area contributed by atoms with Gasteiger partial charge in [-0.1, -0.05) is 0 Å². The highest BCUT2D eigenvalue weighted by Crippen LogP contribution is 2.27. The average molecular weight is 356 g/mol. The van der Waals surface area contributed by atoms with Crippen LogP contribution in [0.2, 0.25) is 0 Å². The summed E-state index contributed by atoms with van der Waals surface area (Å²) in [7, 11) is 6.45. The molecule has 0 bridgehead atoms. The van der Waals surface area contributed by atoms with Gasteiger partial charge in [0.1, 0.15) is 0 Å². The smallest absolute Gasteiger partial charge is 0.161 e. The molecule has 0 aliphatic rings. The molecule has 0 fully saturated rings. The van der Waals surface area contributed by atoms with Crippen molar-refractivity contribution in [2.45, 2.75) is 0 Å². The van der Waals surface area contributed by atoms with E-state index in [9.17, 15) is 0 Å². The predicted octanol–water partition coefficient (Wildman–Crippen LogP) is 3.26. The van der Waals surface area contributed by atoms with Gasteiger partial charge in [-0.05, 0) is 47.5 Å². The highest BCUT2D eigenvalue weighted by atomic mass is 16.5. The van der Waals surface area contributed by atoms with Gasteiger partial charge in [-0.25, -0.2) is 0 Å². The summed E-state index contributed by atoms with van der Waals surface area (Å²) < 4.78 is 21.0. The van der Waals surface area contributed by atoms with Crippen molar-refractivity contribution in [3.63, 3.8) is 0 Å². The molecule has 138 valence electrons. The van der Waals surface area contributed by atoms with Crippen LogP contribution in [0.4, 0.5) is 0 Å². The maximum absolute atomic E-state index is 5.28. The number of ether oxygens (including phenoxy) is 4. The highest BCUT2D eigenvalue weighted by molar-refractivity contribution is 5.81. The Morgan fingerprint density at radius 2 is 1.00 bits per heavy atom. The van der Waals surface area contributed by atoms with E-state index >= 15 is 0 Å². The maximum atomic E-state index is 5.28. The molecule has 6 heteroatoms. The van der Waals surface area contributed by atoms with Gasteiger partial charge in [0.2, 0.25) is 0 Å². The van der Waals surface area contributed by atoms with E-state index in [2.05, 4.69) is 9.98 Å². The Kier molecular flexibility index (Phi) is 7.49. The van der Waals surface area contributed by atoms with Crippen molar-refractivity contribution in [1.82, 2.24) is 0 Å². The van der Waals surface area contributed by atoms with Crippen molar-refractivity contribution in [2.75, 3.05) is 41.5 Å². The molecule has 0 atom stereocenters. The van der Waals surface area contributed by atoms with E-state index in [1.165, 1.54) is 0 Å². The number of methoxy groups -OCH3 is 4. The number of rotatable bonds is 9. The molecule has 0 unspecified atom stereocenters. The Balaban J connectivity index is 1.88. The van der Waals surface area contributed by atoms with E-state index in [-0.39, 0.29) is 0 Å². The molecule has 26 heavy (non-hydrogen) atoms. The molecule has 0 saturated carbocycles. The van der Waals surface area contributed by atoms with Crippen LogP contribution in [0.25, 0.3) is 0 Å². The Labute approximate surface area is 154 Å². The first-order valence-corrected chi connectivity index (χ1v) is 8.15. The van der Waals surface area contributed by atoms with Crippen LogP contribution in [0.1, 0.15) is 11.1 Å². The van der Waals surface area contributed by atoms with Crippen molar-refractivity contribution < 1.29 is 18.9 Å². The van der Waals surface area contributed by atoms with Gasteiger partial charge in [-0.3, -0.25) is 9.98 Å². The van der Waals surface area contributed by atoms with Gasteiger partial charge in [0.05, 0.1) is 41.5 Å². The summed E-state index contributed by atoms with van der Waals surface area (Å²) in [5, 5.41) is 0. The SMILES string of the molecule is COc1ccc(C=NCCN=Cc2ccc(OC)c(OC)c2)cc1OC. The Morgan fingerprint density at radius 1 is 0.615 bits per heavy atom. The normalized spacial score (nSPS) is 11.1. The third kappa shape index (κ3) is 5.24. The van der Waals surface area contributed by atoms with Crippen molar-refractivity contribution >= 4 is 12.4 Å². The number of hydrogen-bond donors (Lipinski definition) is 0. The lowest BCUT2D eigenvalue weighted by Crippen LogP contribution is -1.94. The standard InChI is InChI=1S/C20H24N2O4/c1-23-17-7-5-15(11-19(17)25-3)13-21-9-10-22-14-16-6-8-18(24-2)20(12-16)26-4/h5-8,11-14H,9-10H2,1-4H3. The number of benzene rings is 2. The van der Waals surface area contributed by atoms with E-state index in [1.54, 1.807) is 40.9 Å². The van der Waals surface area contributed by atoms with E-state index in [0.29, 0.717) is 36.1 Å². The summed E-state index contributed by atoms with van der Waals surface area (Å²) in [6.45, 7) is 1.19. The molecule has 0 saturated heterocycles. The van der Waals surface area contributed by atoms with Crippen molar-refractivity contribution in [3.05, 3.63) is 47.5 Å². The number of hydrogen-bond acceptors (Lipinski definition) is 6. The summed E-state index contributed by atoms with van der Waals surface area (Å²) in [6.07, 6.45) is 3.60. The third-order valence-corrected chi connectivity index (χ3v) is 3.65. The lowest BCUT2D eigenvalue weighted by Gasteiger charge is -2.07. The van der Waals surface area contributed by atoms with E-state index < -0.39 is 0 Å². The fourth-order valence-electron chi connectivity index (χ4n) is 2.32. The lowest BCUT2D eigenvalue weighted by atomic mass is 10.2. The quantitative estimate of drug-likeness (QED) is 0.511. The van der Waals surface area contributed by atoms with Gasteiger partial charge in [0.25, 0.3) is 0 Å². The molecular formula is C20H24N2O4. The maximum Gasteiger partial charge on any atom is 0.161 e. The van der Waals surface area contributed by atoms with Crippen LogP contribution >= 0.6 is 0 Å². The first kappa shape index (κ1) is 19.3. The molecule has 0 amide bonds. The van der Waals surface area contributed by atoms with E-state index in [4.69, 9.17) is 18.9 Å². The predicted molar refractivity (Wildman–Crippen MR) is 104 cm³/mol. The lowest BCUT2D eigenvalue weighted by molar-refractivity contribution is 0.355. The molecule has 2 aromatic carbocycles. The summed E-state index contributed by atoms with van der Waals surface area (Å²) in [6, 6.07) is 11.3. The third-order valence-electron chi connectivity index (χ3n) is 3.65. The first-order valence-electron chi connectivity index (χ1n) is 8.15. The van der Waals surface area contributed by atoms with Crippen LogP contribution in [0.3, 0.4) is 0 Å². The molecule has 2 aromatic rings. The molecule has 0 N–H and O–H groups in total. The summed E-state index contributed by atoms with van der Waals surface area (Å²) in [5.41, 5.74) is 1.90. The molecule has 0 spiro atoms. The largest absolute Gasteiger partial charge is 0.493 e. The second-order valence-electron chi connectivity index (χ2n) is 5.30. The molecule has 0 radical (unpaired) electrons. The van der Waals surface area contributed by atoms with Gasteiger partial charge in [-0.2, -0.15) is 0 Å². The van der Waals surface area contributed by atoms with Crippen LogP contribution in [0, 0.1) is 0 Å². The van der Waals surface area contributed by atoms with Crippen molar-refractivity contribution in [3.8, 4) is 23.0 Å². The van der Waals surface area contributed by atoms with Crippen molar-refractivity contribution in [1.29, 1.82) is 0 Å². The fraction of sp³-hybridized carbons (Fsp3) is 0.300. The zero-order valence-electron chi connectivity index (χ0n) is 15.6. The minimum Gasteiger partial charge on any atom is -0.493 e. The Hall–Kier alpha value is -3.02. The topological polar surface area (TPSA) is 61.6 Å². The molecule has 2 rings (SSSR count). The molecule has 6 nitrogen and oxygen atoms in total. The summed E-state index contributed by atoms with van der Waals surface area (Å²) in [4.78, 5) is 8.77. The fourth-order valence-corrected chi connectivity index (χ4v) is 2.32. The first-order chi connectivity index (χ1) is 12.7. The Morgan fingerprint density at radius 3 is 1.35 bits per heavy atom. The van der Waals surface area contributed by atoms with Crippen molar-refractivity contribution in [2.24, 2.45) is 9.98 Å². The summed E-state index contributed by atoms with van der Waals surface area (Å²) in [5.74, 6) is 2.76. The van der Waals surface area contributed by atoms with Crippen LogP contribution < -0.4 is 18.9 Å². The summed E-state index contributed by atoms with van der Waals surface area (Å²) >= 11 is 0. The average Bonchev–Trinajstić information content (AvgIpc) is 2.70. The van der Waals surface area contributed by atoms with Gasteiger partial charge in [0, 0.05) is 12.4 Å². The second-order valence-corrected chi connectivity index (χ2v) is 5.30.